The zero-order valence-electron chi connectivity index (χ0n) is 15.0. The zero-order chi connectivity index (χ0) is 19.1. The van der Waals surface area contributed by atoms with Crippen molar-refractivity contribution < 1.29 is 14.6 Å². The fourth-order valence-corrected chi connectivity index (χ4v) is 3.47. The number of amides is 1. The number of phenols is 1. The highest BCUT2D eigenvalue weighted by Gasteiger charge is 2.27. The Balaban J connectivity index is 1.63. The van der Waals surface area contributed by atoms with Crippen LogP contribution >= 0.6 is 11.6 Å². The number of benzene rings is 1. The van der Waals surface area contributed by atoms with Gasteiger partial charge in [0.05, 0.1) is 24.9 Å². The molecule has 4 rings (SSSR count). The van der Waals surface area contributed by atoms with Crippen LogP contribution < -0.4 is 0 Å². The maximum absolute atomic E-state index is 12.5. The van der Waals surface area contributed by atoms with Gasteiger partial charge in [0.2, 0.25) is 5.91 Å². The van der Waals surface area contributed by atoms with Crippen molar-refractivity contribution in [1.82, 2.24) is 19.7 Å². The number of nitrogens with zero attached hydrogens (tertiary/aromatic N) is 4. The van der Waals surface area contributed by atoms with Gasteiger partial charge in [-0.1, -0.05) is 11.6 Å². The Labute approximate surface area is 161 Å². The van der Waals surface area contributed by atoms with Crippen LogP contribution in [-0.2, 0) is 16.1 Å². The number of hydrogen-bond donors (Lipinski definition) is 1. The van der Waals surface area contributed by atoms with Gasteiger partial charge in [0, 0.05) is 29.2 Å². The Bertz CT molecular complexity index is 1010. The van der Waals surface area contributed by atoms with E-state index in [-0.39, 0.29) is 24.2 Å². The third kappa shape index (κ3) is 3.24. The molecule has 1 aromatic carbocycles. The first-order valence-corrected chi connectivity index (χ1v) is 8.97. The van der Waals surface area contributed by atoms with E-state index >= 15 is 0 Å². The van der Waals surface area contributed by atoms with Gasteiger partial charge in [-0.2, -0.15) is 0 Å². The van der Waals surface area contributed by atoms with E-state index in [9.17, 15) is 9.90 Å². The molecule has 0 radical (unpaired) electrons. The van der Waals surface area contributed by atoms with Gasteiger partial charge in [0.15, 0.2) is 5.65 Å². The molecule has 0 aliphatic carbocycles. The quantitative estimate of drug-likeness (QED) is 0.745. The number of likely N-dealkylation sites (N-methyl/N-ethyl adjacent to an activating group) is 1. The zero-order valence-corrected chi connectivity index (χ0v) is 15.8. The van der Waals surface area contributed by atoms with Crippen molar-refractivity contribution in [2.45, 2.75) is 19.5 Å². The van der Waals surface area contributed by atoms with E-state index in [1.54, 1.807) is 22.6 Å². The van der Waals surface area contributed by atoms with Crippen LogP contribution in [0.3, 0.4) is 0 Å². The van der Waals surface area contributed by atoms with Gasteiger partial charge in [-0.05, 0) is 36.8 Å². The van der Waals surface area contributed by atoms with E-state index in [0.717, 1.165) is 10.9 Å². The first kappa shape index (κ1) is 17.8. The smallest absolute Gasteiger partial charge is 0.242 e. The molecule has 1 N–H and O–H groups in total. The molecule has 140 valence electrons. The molecule has 0 spiro atoms. The summed E-state index contributed by atoms with van der Waals surface area (Å²) < 4.78 is 6.92. The molecule has 8 heteroatoms. The minimum absolute atomic E-state index is 0.00198. The lowest BCUT2D eigenvalue weighted by Gasteiger charge is -2.34. The van der Waals surface area contributed by atoms with E-state index in [2.05, 4.69) is 10.2 Å². The summed E-state index contributed by atoms with van der Waals surface area (Å²) >= 11 is 5.98. The Morgan fingerprint density at radius 2 is 2.15 bits per heavy atom. The number of aromatic hydroxyl groups is 1. The van der Waals surface area contributed by atoms with Crippen molar-refractivity contribution in [2.24, 2.45) is 0 Å². The summed E-state index contributed by atoms with van der Waals surface area (Å²) in [5.74, 6) is 0.0606. The third-order valence-corrected chi connectivity index (χ3v) is 5.13. The number of hydrogen-bond acceptors (Lipinski definition) is 5. The van der Waals surface area contributed by atoms with Crippen molar-refractivity contribution >= 4 is 28.5 Å². The van der Waals surface area contributed by atoms with Crippen molar-refractivity contribution in [3.63, 3.8) is 0 Å². The maximum atomic E-state index is 12.5. The number of phenolic OH excluding ortho intramolecular Hbond substituents is 1. The molecule has 1 amide bonds. The molecule has 0 bridgehead atoms. The van der Waals surface area contributed by atoms with Crippen molar-refractivity contribution in [1.29, 1.82) is 0 Å². The molecule has 1 aliphatic rings. The summed E-state index contributed by atoms with van der Waals surface area (Å²) in [6.45, 7) is 3.22. The van der Waals surface area contributed by atoms with Crippen LogP contribution in [-0.4, -0.2) is 57.0 Å². The van der Waals surface area contributed by atoms with Crippen LogP contribution in [0, 0.1) is 6.92 Å². The van der Waals surface area contributed by atoms with Gasteiger partial charge in [-0.15, -0.1) is 10.2 Å². The van der Waals surface area contributed by atoms with E-state index < -0.39 is 0 Å². The van der Waals surface area contributed by atoms with Gasteiger partial charge in [0.1, 0.15) is 12.3 Å². The third-order valence-electron chi connectivity index (χ3n) is 4.91. The first-order valence-electron chi connectivity index (χ1n) is 8.59. The second-order valence-electron chi connectivity index (χ2n) is 6.76. The minimum Gasteiger partial charge on any atom is -0.507 e. The summed E-state index contributed by atoms with van der Waals surface area (Å²) in [6, 6.07) is 7.14. The Morgan fingerprint density at radius 3 is 2.81 bits per heavy atom. The van der Waals surface area contributed by atoms with Crippen LogP contribution in [0.25, 0.3) is 22.3 Å². The predicted molar refractivity (Wildman–Crippen MR) is 102 cm³/mol. The molecule has 7 nitrogen and oxygen atoms in total. The number of carbonyl (C=O) groups excluding carboxylic acids is 1. The molecular formula is C19H19ClN4O3. The lowest BCUT2D eigenvalue weighted by molar-refractivity contribution is -0.142. The molecule has 1 aliphatic heterocycles. The number of carbonyl (C=O) groups is 1. The number of ether oxygens (including phenoxy) is 1. The highest BCUT2D eigenvalue weighted by atomic mass is 35.5. The van der Waals surface area contributed by atoms with Crippen LogP contribution in [0.5, 0.6) is 5.75 Å². The van der Waals surface area contributed by atoms with Crippen molar-refractivity contribution in [3.8, 4) is 17.0 Å². The molecule has 1 saturated heterocycles. The van der Waals surface area contributed by atoms with Gasteiger partial charge in [-0.3, -0.25) is 4.79 Å². The highest BCUT2D eigenvalue weighted by molar-refractivity contribution is 6.31. The molecule has 3 heterocycles. The molecule has 3 aromatic rings. The van der Waals surface area contributed by atoms with Crippen LogP contribution in [0.2, 0.25) is 5.02 Å². The monoisotopic (exact) mass is 386 g/mol. The second kappa shape index (κ2) is 6.83. The number of halogens is 1. The lowest BCUT2D eigenvalue weighted by Crippen LogP contribution is -2.50. The molecule has 2 aromatic heterocycles. The average molecular weight is 387 g/mol. The number of rotatable bonds is 4. The Hall–Kier alpha value is -2.64. The maximum Gasteiger partial charge on any atom is 0.242 e. The molecule has 27 heavy (non-hydrogen) atoms. The van der Waals surface area contributed by atoms with Crippen LogP contribution in [0.1, 0.15) is 5.56 Å². The Kier molecular flexibility index (Phi) is 4.49. The average Bonchev–Trinajstić information content (AvgIpc) is 2.94. The van der Waals surface area contributed by atoms with E-state index in [4.69, 9.17) is 16.3 Å². The van der Waals surface area contributed by atoms with Crippen molar-refractivity contribution in [2.75, 3.05) is 20.3 Å². The molecule has 1 fully saturated rings. The number of aryl methyl sites for hydroxylation is 1. The second-order valence-corrected chi connectivity index (χ2v) is 7.20. The Morgan fingerprint density at radius 1 is 1.37 bits per heavy atom. The minimum atomic E-state index is -0.00198. The number of aromatic nitrogens is 3. The molecule has 0 saturated carbocycles. The lowest BCUT2D eigenvalue weighted by atomic mass is 10.0. The number of fused-ring (bicyclic) bond motifs is 1. The molecule has 0 unspecified atom stereocenters. The fraction of sp³-hybridized carbons (Fsp3) is 0.316. The summed E-state index contributed by atoms with van der Waals surface area (Å²) in [6.07, 6.45) is 1.82. The van der Waals surface area contributed by atoms with E-state index in [0.29, 0.717) is 35.1 Å². The SMILES string of the molecule is Cc1cc(Cl)cc(O)c1-c1cc2ccn(CC(=O)N(C)C3COC3)c2nn1. The largest absolute Gasteiger partial charge is 0.507 e. The predicted octanol–water partition coefficient (Wildman–Crippen LogP) is 2.62. The first-order chi connectivity index (χ1) is 12.9. The fourth-order valence-electron chi connectivity index (χ4n) is 3.20. The summed E-state index contributed by atoms with van der Waals surface area (Å²) in [7, 11) is 1.79. The van der Waals surface area contributed by atoms with Crippen LogP contribution in [0.4, 0.5) is 0 Å². The molecular weight excluding hydrogens is 368 g/mol. The highest BCUT2D eigenvalue weighted by Crippen LogP contribution is 2.34. The standard InChI is InChI=1S/C19H19ClN4O3/c1-11-5-13(20)7-16(25)18(11)15-6-12-3-4-24(19(12)22-21-15)8-17(26)23(2)14-9-27-10-14/h3-7,14,25H,8-10H2,1-2H3. The normalized spacial score (nSPS) is 14.3. The van der Waals surface area contributed by atoms with E-state index in [1.165, 1.54) is 6.07 Å². The van der Waals surface area contributed by atoms with Crippen molar-refractivity contribution in [3.05, 3.63) is 41.0 Å². The van der Waals surface area contributed by atoms with Gasteiger partial charge < -0.3 is 19.3 Å². The summed E-state index contributed by atoms with van der Waals surface area (Å²) in [5, 5.41) is 20.1. The molecule has 0 atom stereocenters. The van der Waals surface area contributed by atoms with Gasteiger partial charge in [0.25, 0.3) is 0 Å². The van der Waals surface area contributed by atoms with E-state index in [1.807, 2.05) is 25.3 Å². The summed E-state index contributed by atoms with van der Waals surface area (Å²) in [4.78, 5) is 14.2. The van der Waals surface area contributed by atoms with Crippen LogP contribution in [0.15, 0.2) is 30.5 Å². The van der Waals surface area contributed by atoms with Gasteiger partial charge >= 0.3 is 0 Å². The topological polar surface area (TPSA) is 80.5 Å². The van der Waals surface area contributed by atoms with Gasteiger partial charge in [-0.25, -0.2) is 0 Å². The summed E-state index contributed by atoms with van der Waals surface area (Å²) in [5.41, 5.74) is 2.59.